The van der Waals surface area contributed by atoms with Crippen LogP contribution < -0.4 is 5.56 Å². The Kier molecular flexibility index (Phi) is 4.30. The van der Waals surface area contributed by atoms with Gasteiger partial charge in [0.1, 0.15) is 12.4 Å². The number of para-hydroxylation sites is 1. The van der Waals surface area contributed by atoms with Crippen molar-refractivity contribution < 1.29 is 14.4 Å². The number of aromatic amines is 1. The molecule has 1 saturated carbocycles. The summed E-state index contributed by atoms with van der Waals surface area (Å²) < 4.78 is 0. The van der Waals surface area contributed by atoms with Crippen molar-refractivity contribution in [1.82, 2.24) is 19.8 Å². The lowest BCUT2D eigenvalue weighted by atomic mass is 9.85. The standard InChI is InChI=1S/C22H22N4O4/c1-2-25(10-16-23-15-6-4-3-5-14(15)20(28)24-16)17(27)11-26-21(29)18-12-7-8-13(9-12)19(18)22(26)30/h3-8,12-13,18-19H,2,9-11H2,1H3,(H,23,24,28)/t12-,13+,18-,19-/m0/s1. The van der Waals surface area contributed by atoms with Gasteiger partial charge in [-0.15, -0.1) is 0 Å². The van der Waals surface area contributed by atoms with Crippen LogP contribution in [0.3, 0.4) is 0 Å². The summed E-state index contributed by atoms with van der Waals surface area (Å²) in [7, 11) is 0. The first kappa shape index (κ1) is 18.7. The minimum atomic E-state index is -0.338. The van der Waals surface area contributed by atoms with Crippen molar-refractivity contribution >= 4 is 28.6 Å². The molecular formula is C22H22N4O4. The number of imide groups is 1. The zero-order chi connectivity index (χ0) is 21.0. The van der Waals surface area contributed by atoms with Crippen molar-refractivity contribution in [3.63, 3.8) is 0 Å². The number of amides is 3. The smallest absolute Gasteiger partial charge is 0.258 e. The molecule has 2 aromatic rings. The maximum absolute atomic E-state index is 12.9. The van der Waals surface area contributed by atoms with Crippen LogP contribution in [0.4, 0.5) is 0 Å². The molecule has 8 nitrogen and oxygen atoms in total. The maximum Gasteiger partial charge on any atom is 0.258 e. The van der Waals surface area contributed by atoms with Gasteiger partial charge in [0.05, 0.1) is 29.3 Å². The molecule has 1 aliphatic heterocycles. The molecule has 4 atom stereocenters. The van der Waals surface area contributed by atoms with Crippen LogP contribution in [0.5, 0.6) is 0 Å². The van der Waals surface area contributed by atoms with Crippen molar-refractivity contribution in [3.8, 4) is 0 Å². The van der Waals surface area contributed by atoms with E-state index in [4.69, 9.17) is 0 Å². The number of aromatic nitrogens is 2. The molecule has 1 aromatic carbocycles. The lowest BCUT2D eigenvalue weighted by Gasteiger charge is -2.24. The van der Waals surface area contributed by atoms with Crippen molar-refractivity contribution in [1.29, 1.82) is 0 Å². The zero-order valence-corrected chi connectivity index (χ0v) is 16.6. The summed E-state index contributed by atoms with van der Waals surface area (Å²) in [6.07, 6.45) is 4.92. The summed E-state index contributed by atoms with van der Waals surface area (Å²) in [5.41, 5.74) is 0.292. The van der Waals surface area contributed by atoms with Crippen molar-refractivity contribution in [2.75, 3.05) is 13.1 Å². The van der Waals surface area contributed by atoms with E-state index in [1.54, 1.807) is 24.3 Å². The number of nitrogens with zero attached hydrogens (tertiary/aromatic N) is 3. The number of hydrogen-bond donors (Lipinski definition) is 1. The molecule has 2 aliphatic carbocycles. The number of likely N-dealkylation sites (N-methyl/N-ethyl adjacent to an activating group) is 1. The second-order valence-electron chi connectivity index (χ2n) is 8.20. The summed E-state index contributed by atoms with van der Waals surface area (Å²) >= 11 is 0. The highest BCUT2D eigenvalue weighted by molar-refractivity contribution is 6.08. The molecule has 2 bridgehead atoms. The number of hydrogen-bond acceptors (Lipinski definition) is 5. The minimum Gasteiger partial charge on any atom is -0.334 e. The highest BCUT2D eigenvalue weighted by atomic mass is 16.2. The topological polar surface area (TPSA) is 103 Å². The van der Waals surface area contributed by atoms with E-state index in [0.717, 1.165) is 11.3 Å². The Balaban J connectivity index is 1.33. The van der Waals surface area contributed by atoms with E-state index in [2.05, 4.69) is 9.97 Å². The third kappa shape index (κ3) is 2.78. The molecule has 1 N–H and O–H groups in total. The van der Waals surface area contributed by atoms with Gasteiger partial charge in [-0.25, -0.2) is 4.98 Å². The second kappa shape index (κ2) is 6.90. The number of fused-ring (bicyclic) bond motifs is 6. The summed E-state index contributed by atoms with van der Waals surface area (Å²) in [6, 6.07) is 7.00. The Bertz CT molecular complexity index is 1120. The predicted octanol–water partition coefficient (Wildman–Crippen LogP) is 1.08. The van der Waals surface area contributed by atoms with E-state index >= 15 is 0 Å². The van der Waals surface area contributed by atoms with Gasteiger partial charge in [0.25, 0.3) is 5.56 Å². The quantitative estimate of drug-likeness (QED) is 0.591. The van der Waals surface area contributed by atoms with Gasteiger partial charge in [-0.05, 0) is 37.3 Å². The fourth-order valence-corrected chi connectivity index (χ4v) is 5.12. The van der Waals surface area contributed by atoms with Gasteiger partial charge in [0.15, 0.2) is 0 Å². The number of H-pyrrole nitrogens is 1. The first-order valence-corrected chi connectivity index (χ1v) is 10.3. The van der Waals surface area contributed by atoms with Crippen LogP contribution in [0.1, 0.15) is 19.2 Å². The van der Waals surface area contributed by atoms with E-state index in [0.29, 0.717) is 23.3 Å². The Morgan fingerprint density at radius 2 is 1.80 bits per heavy atom. The number of carbonyl (C=O) groups excluding carboxylic acids is 3. The van der Waals surface area contributed by atoms with Crippen LogP contribution in [0.2, 0.25) is 0 Å². The van der Waals surface area contributed by atoms with Gasteiger partial charge in [0.2, 0.25) is 17.7 Å². The Morgan fingerprint density at radius 3 is 2.47 bits per heavy atom. The van der Waals surface area contributed by atoms with Gasteiger partial charge in [-0.2, -0.15) is 0 Å². The van der Waals surface area contributed by atoms with Gasteiger partial charge in [-0.1, -0.05) is 24.3 Å². The zero-order valence-electron chi connectivity index (χ0n) is 16.6. The van der Waals surface area contributed by atoms with Crippen LogP contribution in [-0.4, -0.2) is 50.6 Å². The normalized spacial score (nSPS) is 26.6. The van der Waals surface area contributed by atoms with Crippen molar-refractivity contribution in [2.45, 2.75) is 19.9 Å². The van der Waals surface area contributed by atoms with Crippen molar-refractivity contribution in [3.05, 3.63) is 52.6 Å². The van der Waals surface area contributed by atoms with Gasteiger partial charge in [0, 0.05) is 6.54 Å². The molecule has 0 radical (unpaired) electrons. The molecule has 5 rings (SSSR count). The van der Waals surface area contributed by atoms with Crippen LogP contribution in [0, 0.1) is 23.7 Å². The molecule has 2 heterocycles. The van der Waals surface area contributed by atoms with Gasteiger partial charge >= 0.3 is 0 Å². The Morgan fingerprint density at radius 1 is 1.13 bits per heavy atom. The fourth-order valence-electron chi connectivity index (χ4n) is 5.12. The first-order chi connectivity index (χ1) is 14.5. The fraction of sp³-hybridized carbons (Fsp3) is 0.409. The van der Waals surface area contributed by atoms with Crippen LogP contribution >= 0.6 is 0 Å². The highest BCUT2D eigenvalue weighted by Gasteiger charge is 2.59. The summed E-state index contributed by atoms with van der Waals surface area (Å²) in [5.74, 6) is -0.825. The first-order valence-electron chi connectivity index (χ1n) is 10.3. The maximum atomic E-state index is 12.9. The second-order valence-corrected chi connectivity index (χ2v) is 8.20. The molecule has 0 spiro atoms. The number of allylic oxidation sites excluding steroid dienone is 2. The van der Waals surface area contributed by atoms with E-state index < -0.39 is 0 Å². The molecule has 154 valence electrons. The number of benzene rings is 1. The predicted molar refractivity (Wildman–Crippen MR) is 108 cm³/mol. The summed E-state index contributed by atoms with van der Waals surface area (Å²) in [4.78, 5) is 60.6. The van der Waals surface area contributed by atoms with Crippen LogP contribution in [0.25, 0.3) is 10.9 Å². The summed E-state index contributed by atoms with van der Waals surface area (Å²) in [6.45, 7) is 2.01. The third-order valence-electron chi connectivity index (χ3n) is 6.59. The monoisotopic (exact) mass is 406 g/mol. The van der Waals surface area contributed by atoms with E-state index in [1.807, 2.05) is 19.1 Å². The molecule has 0 unspecified atom stereocenters. The number of carbonyl (C=O) groups is 3. The SMILES string of the molecule is CCN(Cc1nc2ccccc2c(=O)[nH]1)C(=O)CN1C(=O)[C@@H]2[C@@H](C1=O)[C@H]1C=C[C@@H]2C1. The number of rotatable bonds is 5. The van der Waals surface area contributed by atoms with E-state index in [9.17, 15) is 19.2 Å². The minimum absolute atomic E-state index is 0.102. The van der Waals surface area contributed by atoms with E-state index in [1.165, 1.54) is 4.90 Å². The lowest BCUT2D eigenvalue weighted by Crippen LogP contribution is -2.43. The Labute approximate surface area is 172 Å². The molecule has 8 heteroatoms. The molecule has 1 aromatic heterocycles. The van der Waals surface area contributed by atoms with Crippen LogP contribution in [-0.2, 0) is 20.9 Å². The molecule has 1 saturated heterocycles. The third-order valence-corrected chi connectivity index (χ3v) is 6.59. The molecule has 2 fully saturated rings. The van der Waals surface area contributed by atoms with Gasteiger partial charge < -0.3 is 9.88 Å². The average Bonchev–Trinajstić information content (AvgIpc) is 3.42. The van der Waals surface area contributed by atoms with E-state index in [-0.39, 0.29) is 60.0 Å². The number of likely N-dealkylation sites (tertiary alicyclic amines) is 1. The largest absolute Gasteiger partial charge is 0.334 e. The average molecular weight is 406 g/mol. The molecule has 3 aliphatic rings. The summed E-state index contributed by atoms with van der Waals surface area (Å²) in [5, 5.41) is 0.485. The van der Waals surface area contributed by atoms with Crippen molar-refractivity contribution in [2.24, 2.45) is 23.7 Å². The Hall–Kier alpha value is -3.29. The number of nitrogens with one attached hydrogen (secondary N) is 1. The molecular weight excluding hydrogens is 384 g/mol. The highest BCUT2D eigenvalue weighted by Crippen LogP contribution is 2.52. The molecule has 3 amide bonds. The van der Waals surface area contributed by atoms with Gasteiger partial charge in [-0.3, -0.25) is 24.1 Å². The lowest BCUT2D eigenvalue weighted by molar-refractivity contribution is -0.147. The molecule has 30 heavy (non-hydrogen) atoms. The van der Waals surface area contributed by atoms with Crippen LogP contribution in [0.15, 0.2) is 41.2 Å².